The molecule has 0 saturated heterocycles. The molecule has 6 heteroatoms. The smallest absolute Gasteiger partial charge is 0.306 e. The van der Waals surface area contributed by atoms with Crippen molar-refractivity contribution in [3.8, 4) is 0 Å². The highest BCUT2D eigenvalue weighted by Gasteiger charge is 2.19. The average Bonchev–Trinajstić information content (AvgIpc) is 3.43. The van der Waals surface area contributed by atoms with Gasteiger partial charge < -0.3 is 14.2 Å². The average molecular weight is 1080 g/mol. The van der Waals surface area contributed by atoms with Crippen molar-refractivity contribution < 1.29 is 28.6 Å². The Kier molecular flexibility index (Phi) is 64.6. The van der Waals surface area contributed by atoms with Crippen LogP contribution in [-0.2, 0) is 28.6 Å². The molecule has 454 valence electrons. The standard InChI is InChI=1S/C71H134O6/c1-4-7-10-13-16-19-22-25-27-28-29-30-31-32-33-34-35-36-37-38-39-40-41-42-43-44-45-47-49-52-55-58-61-64-70(73)76-67-68(66-75-69(72)63-60-57-54-51-48-24-21-18-15-12-9-6-3)77-71(74)65-62-59-56-53-50-46-26-23-20-17-14-11-8-5-2/h22,25,28-29,68H,4-21,23-24,26-27,30-67H2,1-3H3/b25-22-,29-28-. The summed E-state index contributed by atoms with van der Waals surface area (Å²) >= 11 is 0. The molecular weight excluding hydrogens is 949 g/mol. The van der Waals surface area contributed by atoms with Gasteiger partial charge in [-0.2, -0.15) is 0 Å². The number of allylic oxidation sites excluding steroid dienone is 4. The van der Waals surface area contributed by atoms with E-state index in [1.165, 1.54) is 289 Å². The molecule has 0 aromatic carbocycles. The first-order valence-electron chi connectivity index (χ1n) is 34.8. The van der Waals surface area contributed by atoms with Gasteiger partial charge in [0.2, 0.25) is 0 Å². The predicted molar refractivity (Wildman–Crippen MR) is 335 cm³/mol. The maximum absolute atomic E-state index is 12.9. The number of carbonyl (C=O) groups excluding carboxylic acids is 3. The fraction of sp³-hybridized carbons (Fsp3) is 0.901. The van der Waals surface area contributed by atoms with Crippen LogP contribution in [0.3, 0.4) is 0 Å². The molecule has 0 aliphatic carbocycles. The lowest BCUT2D eigenvalue weighted by Crippen LogP contribution is -2.30. The maximum atomic E-state index is 12.9. The maximum Gasteiger partial charge on any atom is 0.306 e. The second-order valence-electron chi connectivity index (χ2n) is 23.8. The Morgan fingerprint density at radius 3 is 0.714 bits per heavy atom. The predicted octanol–water partition coefficient (Wildman–Crippen LogP) is 23.8. The summed E-state index contributed by atoms with van der Waals surface area (Å²) in [6, 6.07) is 0. The zero-order chi connectivity index (χ0) is 55.7. The van der Waals surface area contributed by atoms with Gasteiger partial charge in [0.25, 0.3) is 0 Å². The van der Waals surface area contributed by atoms with Crippen molar-refractivity contribution in [1.29, 1.82) is 0 Å². The van der Waals surface area contributed by atoms with Gasteiger partial charge >= 0.3 is 17.9 Å². The lowest BCUT2D eigenvalue weighted by molar-refractivity contribution is -0.167. The molecule has 0 fully saturated rings. The van der Waals surface area contributed by atoms with E-state index in [9.17, 15) is 14.4 Å². The van der Waals surface area contributed by atoms with E-state index < -0.39 is 6.10 Å². The second kappa shape index (κ2) is 66.4. The van der Waals surface area contributed by atoms with Crippen molar-refractivity contribution in [3.63, 3.8) is 0 Å². The molecule has 77 heavy (non-hydrogen) atoms. The SMILES string of the molecule is CCCCCCC/C=C\C/C=C\CCCCCCCCCCCCCCCCCCCCCCCC(=O)OCC(COC(=O)CCCCCCCCCCCCCC)OC(=O)CCCCCCCCCCCCCCCC. The third kappa shape index (κ3) is 64.6. The van der Waals surface area contributed by atoms with Gasteiger partial charge in [-0.1, -0.05) is 347 Å². The number of carbonyl (C=O) groups is 3. The molecule has 0 N–H and O–H groups in total. The zero-order valence-corrected chi connectivity index (χ0v) is 52.3. The van der Waals surface area contributed by atoms with Gasteiger partial charge in [-0.25, -0.2) is 0 Å². The summed E-state index contributed by atoms with van der Waals surface area (Å²) in [4.78, 5) is 38.3. The molecule has 0 aromatic rings. The van der Waals surface area contributed by atoms with Crippen molar-refractivity contribution in [2.45, 2.75) is 399 Å². The quantitative estimate of drug-likeness (QED) is 0.0261. The van der Waals surface area contributed by atoms with Gasteiger partial charge in [0, 0.05) is 19.3 Å². The molecule has 0 amide bonds. The number of hydrogen-bond acceptors (Lipinski definition) is 6. The van der Waals surface area contributed by atoms with Crippen molar-refractivity contribution in [1.82, 2.24) is 0 Å². The van der Waals surface area contributed by atoms with Crippen LogP contribution in [0.5, 0.6) is 0 Å². The molecule has 0 aliphatic rings. The van der Waals surface area contributed by atoms with Crippen molar-refractivity contribution in [2.75, 3.05) is 13.2 Å². The number of rotatable bonds is 65. The van der Waals surface area contributed by atoms with Crippen LogP contribution in [0.2, 0.25) is 0 Å². The van der Waals surface area contributed by atoms with E-state index in [0.29, 0.717) is 19.3 Å². The Morgan fingerprint density at radius 2 is 0.468 bits per heavy atom. The summed E-state index contributed by atoms with van der Waals surface area (Å²) in [5.74, 6) is -0.833. The van der Waals surface area contributed by atoms with E-state index in [0.717, 1.165) is 64.2 Å². The van der Waals surface area contributed by atoms with Crippen LogP contribution in [0, 0.1) is 0 Å². The Labute approximate surface area is 481 Å². The van der Waals surface area contributed by atoms with Gasteiger partial charge in [0.15, 0.2) is 6.10 Å². The van der Waals surface area contributed by atoms with Gasteiger partial charge in [-0.15, -0.1) is 0 Å². The fourth-order valence-electron chi connectivity index (χ4n) is 10.7. The minimum atomic E-state index is -0.764. The first kappa shape index (κ1) is 74.9. The molecule has 0 bridgehead atoms. The normalized spacial score (nSPS) is 12.1. The topological polar surface area (TPSA) is 78.9 Å². The number of ether oxygens (including phenoxy) is 3. The third-order valence-corrected chi connectivity index (χ3v) is 16.0. The second-order valence-corrected chi connectivity index (χ2v) is 23.8. The number of unbranched alkanes of at least 4 members (excludes halogenated alkanes) is 50. The number of esters is 3. The summed E-state index contributed by atoms with van der Waals surface area (Å²) in [7, 11) is 0. The summed E-state index contributed by atoms with van der Waals surface area (Å²) in [6.07, 6.45) is 80.8. The fourth-order valence-corrected chi connectivity index (χ4v) is 10.7. The Hall–Kier alpha value is -2.11. The highest BCUT2D eigenvalue weighted by molar-refractivity contribution is 5.71. The first-order valence-corrected chi connectivity index (χ1v) is 34.8. The van der Waals surface area contributed by atoms with Gasteiger partial charge in [-0.05, 0) is 51.4 Å². The monoisotopic (exact) mass is 1080 g/mol. The molecule has 1 atom stereocenters. The third-order valence-electron chi connectivity index (χ3n) is 16.0. The lowest BCUT2D eigenvalue weighted by Gasteiger charge is -2.18. The van der Waals surface area contributed by atoms with E-state index in [-0.39, 0.29) is 31.1 Å². The van der Waals surface area contributed by atoms with E-state index in [1.807, 2.05) is 0 Å². The van der Waals surface area contributed by atoms with Crippen LogP contribution < -0.4 is 0 Å². The molecule has 0 saturated carbocycles. The van der Waals surface area contributed by atoms with Crippen LogP contribution in [-0.4, -0.2) is 37.2 Å². The molecule has 0 heterocycles. The first-order chi connectivity index (χ1) is 38.0. The van der Waals surface area contributed by atoms with E-state index >= 15 is 0 Å². The number of hydrogen-bond donors (Lipinski definition) is 0. The summed E-state index contributed by atoms with van der Waals surface area (Å²) in [5, 5.41) is 0. The van der Waals surface area contributed by atoms with E-state index in [2.05, 4.69) is 45.1 Å². The van der Waals surface area contributed by atoms with Crippen molar-refractivity contribution in [3.05, 3.63) is 24.3 Å². The molecule has 0 radical (unpaired) electrons. The van der Waals surface area contributed by atoms with Crippen LogP contribution >= 0.6 is 0 Å². The molecule has 0 rings (SSSR count). The van der Waals surface area contributed by atoms with Crippen LogP contribution in [0.25, 0.3) is 0 Å². The summed E-state index contributed by atoms with van der Waals surface area (Å²) in [6.45, 7) is 6.70. The van der Waals surface area contributed by atoms with Crippen LogP contribution in [0.15, 0.2) is 24.3 Å². The molecule has 0 spiro atoms. The summed E-state index contributed by atoms with van der Waals surface area (Å²) < 4.78 is 16.9. The van der Waals surface area contributed by atoms with Crippen LogP contribution in [0.1, 0.15) is 393 Å². The summed E-state index contributed by atoms with van der Waals surface area (Å²) in [5.41, 5.74) is 0. The highest BCUT2D eigenvalue weighted by Crippen LogP contribution is 2.19. The highest BCUT2D eigenvalue weighted by atomic mass is 16.6. The Balaban J connectivity index is 4.04. The van der Waals surface area contributed by atoms with Gasteiger partial charge in [-0.3, -0.25) is 14.4 Å². The Bertz CT molecular complexity index is 1240. The van der Waals surface area contributed by atoms with Crippen LogP contribution in [0.4, 0.5) is 0 Å². The minimum absolute atomic E-state index is 0.0631. The largest absolute Gasteiger partial charge is 0.462 e. The molecule has 1 unspecified atom stereocenters. The Morgan fingerprint density at radius 1 is 0.260 bits per heavy atom. The zero-order valence-electron chi connectivity index (χ0n) is 52.3. The van der Waals surface area contributed by atoms with Gasteiger partial charge in [0.1, 0.15) is 13.2 Å². The molecular formula is C71H134O6. The van der Waals surface area contributed by atoms with Crippen molar-refractivity contribution in [2.24, 2.45) is 0 Å². The molecule has 0 aromatic heterocycles. The van der Waals surface area contributed by atoms with Gasteiger partial charge in [0.05, 0.1) is 0 Å². The minimum Gasteiger partial charge on any atom is -0.462 e. The van der Waals surface area contributed by atoms with E-state index in [4.69, 9.17) is 14.2 Å². The van der Waals surface area contributed by atoms with E-state index in [1.54, 1.807) is 0 Å². The molecule has 0 aliphatic heterocycles. The lowest BCUT2D eigenvalue weighted by atomic mass is 10.0. The molecule has 6 nitrogen and oxygen atoms in total. The van der Waals surface area contributed by atoms with Crippen molar-refractivity contribution >= 4 is 17.9 Å².